The second-order valence-corrected chi connectivity index (χ2v) is 3.69. The van der Waals surface area contributed by atoms with Crippen molar-refractivity contribution in [3.05, 3.63) is 33.2 Å². The summed E-state index contributed by atoms with van der Waals surface area (Å²) >= 11 is 0. The highest BCUT2D eigenvalue weighted by Crippen LogP contribution is 2.17. The van der Waals surface area contributed by atoms with E-state index in [0.717, 1.165) is 36.9 Å². The molecule has 3 nitrogen and oxygen atoms in total. The van der Waals surface area contributed by atoms with Crippen molar-refractivity contribution in [1.82, 2.24) is 4.98 Å². The molecule has 0 fully saturated rings. The molecule has 0 atom stereocenters. The number of nitriles is 1. The Morgan fingerprint density at radius 1 is 1.29 bits per heavy atom. The fourth-order valence-corrected chi connectivity index (χ4v) is 1.93. The van der Waals surface area contributed by atoms with Crippen LogP contribution in [0.15, 0.2) is 10.9 Å². The topological polar surface area (TPSA) is 56.6 Å². The minimum Gasteiger partial charge on any atom is -0.325 e. The Hall–Kier alpha value is -1.56. The summed E-state index contributed by atoms with van der Waals surface area (Å²) in [5.41, 5.74) is 2.18. The lowest BCUT2D eigenvalue weighted by Crippen LogP contribution is -2.14. The van der Waals surface area contributed by atoms with Gasteiger partial charge in [-0.1, -0.05) is 6.42 Å². The molecular weight excluding hydrogens is 176 g/mol. The Morgan fingerprint density at radius 2 is 2.07 bits per heavy atom. The lowest BCUT2D eigenvalue weighted by atomic mass is 10.1. The van der Waals surface area contributed by atoms with E-state index in [0.29, 0.717) is 0 Å². The Balaban J connectivity index is 2.53. The quantitative estimate of drug-likeness (QED) is 0.627. The number of H-pyrrole nitrogens is 1. The molecule has 0 aromatic carbocycles. The number of fused-ring (bicyclic) bond motifs is 1. The highest BCUT2D eigenvalue weighted by Gasteiger charge is 2.10. The SMILES string of the molecule is N#Cc1cc2c([nH]c1=O)CCCCC2. The van der Waals surface area contributed by atoms with Crippen molar-refractivity contribution in [3.8, 4) is 6.07 Å². The Bertz CT molecular complexity index is 440. The van der Waals surface area contributed by atoms with Crippen LogP contribution in [0, 0.1) is 11.3 Å². The first-order valence-corrected chi connectivity index (χ1v) is 4.96. The van der Waals surface area contributed by atoms with Gasteiger partial charge in [-0.05, 0) is 37.3 Å². The first kappa shape index (κ1) is 9.01. The number of aromatic nitrogens is 1. The average molecular weight is 188 g/mol. The molecule has 2 rings (SSSR count). The number of nitrogens with one attached hydrogen (secondary N) is 1. The van der Waals surface area contributed by atoms with Gasteiger partial charge in [0, 0.05) is 5.69 Å². The third-order valence-corrected chi connectivity index (χ3v) is 2.71. The smallest absolute Gasteiger partial charge is 0.266 e. The van der Waals surface area contributed by atoms with Gasteiger partial charge in [0.1, 0.15) is 11.6 Å². The van der Waals surface area contributed by atoms with Crippen molar-refractivity contribution in [2.24, 2.45) is 0 Å². The van der Waals surface area contributed by atoms with Gasteiger partial charge in [0.25, 0.3) is 5.56 Å². The molecular formula is C11H12N2O. The largest absolute Gasteiger partial charge is 0.325 e. The van der Waals surface area contributed by atoms with Gasteiger partial charge in [-0.2, -0.15) is 5.26 Å². The molecule has 1 heterocycles. The molecule has 0 radical (unpaired) electrons. The van der Waals surface area contributed by atoms with Crippen molar-refractivity contribution in [2.45, 2.75) is 32.1 Å². The summed E-state index contributed by atoms with van der Waals surface area (Å²) in [4.78, 5) is 14.2. The van der Waals surface area contributed by atoms with Crippen LogP contribution in [0.25, 0.3) is 0 Å². The minimum absolute atomic E-state index is 0.241. The highest BCUT2D eigenvalue weighted by molar-refractivity contribution is 5.33. The van der Waals surface area contributed by atoms with E-state index in [4.69, 9.17) is 5.26 Å². The van der Waals surface area contributed by atoms with Crippen molar-refractivity contribution in [1.29, 1.82) is 5.26 Å². The zero-order valence-electron chi connectivity index (χ0n) is 7.97. The first-order chi connectivity index (χ1) is 6.81. The summed E-state index contributed by atoms with van der Waals surface area (Å²) in [7, 11) is 0. The van der Waals surface area contributed by atoms with Crippen LogP contribution in [0.4, 0.5) is 0 Å². The van der Waals surface area contributed by atoms with Gasteiger partial charge >= 0.3 is 0 Å². The van der Waals surface area contributed by atoms with E-state index in [1.807, 2.05) is 6.07 Å². The zero-order valence-corrected chi connectivity index (χ0v) is 7.97. The molecule has 1 N–H and O–H groups in total. The predicted octanol–water partition coefficient (Wildman–Crippen LogP) is 1.52. The molecule has 72 valence electrons. The van der Waals surface area contributed by atoms with E-state index >= 15 is 0 Å². The molecule has 1 aromatic rings. The Kier molecular flexibility index (Phi) is 2.36. The summed E-state index contributed by atoms with van der Waals surface area (Å²) in [5, 5.41) is 8.72. The number of hydrogen-bond acceptors (Lipinski definition) is 2. The van der Waals surface area contributed by atoms with Crippen molar-refractivity contribution >= 4 is 0 Å². The maximum absolute atomic E-state index is 11.4. The van der Waals surface area contributed by atoms with Crippen LogP contribution >= 0.6 is 0 Å². The summed E-state index contributed by atoms with van der Waals surface area (Å²) in [5.74, 6) is 0. The number of pyridine rings is 1. The first-order valence-electron chi connectivity index (χ1n) is 4.96. The van der Waals surface area contributed by atoms with Crippen molar-refractivity contribution < 1.29 is 0 Å². The molecule has 0 unspecified atom stereocenters. The normalized spacial score (nSPS) is 15.4. The van der Waals surface area contributed by atoms with E-state index in [1.54, 1.807) is 6.07 Å². The molecule has 3 heteroatoms. The Morgan fingerprint density at radius 3 is 2.86 bits per heavy atom. The van der Waals surface area contributed by atoms with Crippen LogP contribution in [-0.4, -0.2) is 4.98 Å². The van der Waals surface area contributed by atoms with Gasteiger partial charge in [0.15, 0.2) is 0 Å². The van der Waals surface area contributed by atoms with Crippen molar-refractivity contribution in [2.75, 3.05) is 0 Å². The molecule has 1 aliphatic carbocycles. The second-order valence-electron chi connectivity index (χ2n) is 3.69. The molecule has 0 aliphatic heterocycles. The van der Waals surface area contributed by atoms with Crippen LogP contribution in [0.3, 0.4) is 0 Å². The number of aryl methyl sites for hydroxylation is 2. The number of aromatic amines is 1. The second kappa shape index (κ2) is 3.67. The average Bonchev–Trinajstić information content (AvgIpc) is 2.41. The third-order valence-electron chi connectivity index (χ3n) is 2.71. The molecule has 1 aliphatic rings. The van der Waals surface area contributed by atoms with E-state index < -0.39 is 0 Å². The molecule has 0 bridgehead atoms. The lowest BCUT2D eigenvalue weighted by Gasteiger charge is -2.04. The predicted molar refractivity (Wildman–Crippen MR) is 53.0 cm³/mol. The van der Waals surface area contributed by atoms with E-state index in [2.05, 4.69) is 4.98 Å². The van der Waals surface area contributed by atoms with Gasteiger partial charge in [0.2, 0.25) is 0 Å². The molecule has 1 aromatic heterocycles. The molecule has 0 saturated heterocycles. The van der Waals surface area contributed by atoms with Gasteiger partial charge in [-0.15, -0.1) is 0 Å². The molecule has 0 saturated carbocycles. The number of nitrogens with zero attached hydrogens (tertiary/aromatic N) is 1. The fourth-order valence-electron chi connectivity index (χ4n) is 1.93. The van der Waals surface area contributed by atoms with Gasteiger partial charge in [0.05, 0.1) is 0 Å². The zero-order chi connectivity index (χ0) is 9.97. The number of rotatable bonds is 0. The van der Waals surface area contributed by atoms with Crippen LogP contribution in [-0.2, 0) is 12.8 Å². The molecule has 0 amide bonds. The number of hydrogen-bond donors (Lipinski definition) is 1. The molecule has 0 spiro atoms. The standard InChI is InChI=1S/C11H12N2O/c12-7-9-6-8-4-2-1-3-5-10(8)13-11(9)14/h6H,1-5H2,(H,13,14). The lowest BCUT2D eigenvalue weighted by molar-refractivity contribution is 0.708. The van der Waals surface area contributed by atoms with E-state index in [1.165, 1.54) is 6.42 Å². The summed E-state index contributed by atoms with van der Waals surface area (Å²) in [6.07, 6.45) is 5.43. The molecule has 14 heavy (non-hydrogen) atoms. The summed E-state index contributed by atoms with van der Waals surface area (Å²) in [6.45, 7) is 0. The Labute approximate surface area is 82.4 Å². The maximum atomic E-state index is 11.4. The third kappa shape index (κ3) is 1.56. The minimum atomic E-state index is -0.242. The van der Waals surface area contributed by atoms with E-state index in [-0.39, 0.29) is 11.1 Å². The van der Waals surface area contributed by atoms with Crippen LogP contribution < -0.4 is 5.56 Å². The van der Waals surface area contributed by atoms with Crippen LogP contribution in [0.1, 0.15) is 36.1 Å². The van der Waals surface area contributed by atoms with Gasteiger partial charge in [-0.25, -0.2) is 0 Å². The van der Waals surface area contributed by atoms with Crippen LogP contribution in [0.2, 0.25) is 0 Å². The van der Waals surface area contributed by atoms with Gasteiger partial charge in [-0.3, -0.25) is 4.79 Å². The monoisotopic (exact) mass is 188 g/mol. The highest BCUT2D eigenvalue weighted by atomic mass is 16.1. The summed E-state index contributed by atoms with van der Waals surface area (Å²) in [6, 6.07) is 3.67. The summed E-state index contributed by atoms with van der Waals surface area (Å²) < 4.78 is 0. The van der Waals surface area contributed by atoms with E-state index in [9.17, 15) is 4.79 Å². The maximum Gasteiger partial charge on any atom is 0.266 e. The van der Waals surface area contributed by atoms with Crippen LogP contribution in [0.5, 0.6) is 0 Å². The van der Waals surface area contributed by atoms with Crippen molar-refractivity contribution in [3.63, 3.8) is 0 Å². The van der Waals surface area contributed by atoms with Gasteiger partial charge < -0.3 is 4.98 Å². The fraction of sp³-hybridized carbons (Fsp3) is 0.455.